The highest BCUT2D eigenvalue weighted by atomic mass is 16.3. The zero-order valence-corrected chi connectivity index (χ0v) is 17.1. The highest BCUT2D eigenvalue weighted by Crippen LogP contribution is 2.24. The van der Waals surface area contributed by atoms with Crippen molar-refractivity contribution >= 4 is 34.6 Å². The summed E-state index contributed by atoms with van der Waals surface area (Å²) in [5.74, 6) is -0.962. The lowest BCUT2D eigenvalue weighted by molar-refractivity contribution is -0.116. The van der Waals surface area contributed by atoms with Crippen LogP contribution in [-0.2, 0) is 9.59 Å². The normalized spacial score (nSPS) is 10.2. The van der Waals surface area contributed by atoms with Gasteiger partial charge in [-0.15, -0.1) is 0 Å². The zero-order chi connectivity index (χ0) is 21.7. The number of rotatable bonds is 5. The van der Waals surface area contributed by atoms with Gasteiger partial charge in [0.05, 0.1) is 5.69 Å². The minimum absolute atomic E-state index is 0.0912. The molecule has 0 fully saturated rings. The minimum Gasteiger partial charge on any atom is -0.508 e. The van der Waals surface area contributed by atoms with Crippen LogP contribution in [0.25, 0.3) is 0 Å². The van der Waals surface area contributed by atoms with E-state index in [9.17, 15) is 14.7 Å². The second-order valence-corrected chi connectivity index (χ2v) is 6.83. The number of nitrogens with zero attached hydrogens (tertiary/aromatic N) is 3. The van der Waals surface area contributed by atoms with Gasteiger partial charge >= 0.3 is 0 Å². The molecule has 2 amide bonds. The molecule has 3 aromatic carbocycles. The van der Waals surface area contributed by atoms with Gasteiger partial charge in [-0.3, -0.25) is 9.59 Å². The number of hydrogen-bond donors (Lipinski definition) is 1. The third-order valence-electron chi connectivity index (χ3n) is 4.71. The van der Waals surface area contributed by atoms with E-state index in [1.807, 2.05) is 36.4 Å². The first-order valence-electron chi connectivity index (χ1n) is 9.43. The van der Waals surface area contributed by atoms with Crippen molar-refractivity contribution in [3.8, 4) is 5.75 Å². The number of benzene rings is 3. The van der Waals surface area contributed by atoms with E-state index >= 15 is 0 Å². The summed E-state index contributed by atoms with van der Waals surface area (Å²) in [7, 11) is 3.21. The smallest absolute Gasteiger partial charge is 0.282 e. The summed E-state index contributed by atoms with van der Waals surface area (Å²) in [6.07, 6.45) is 0. The molecule has 152 valence electrons. The van der Waals surface area contributed by atoms with Crippen LogP contribution in [0.3, 0.4) is 0 Å². The van der Waals surface area contributed by atoms with Crippen LogP contribution < -0.4 is 9.80 Å². The Bertz CT molecular complexity index is 1020. The molecule has 0 aliphatic carbocycles. The van der Waals surface area contributed by atoms with Crippen molar-refractivity contribution in [3.63, 3.8) is 0 Å². The van der Waals surface area contributed by atoms with Gasteiger partial charge in [-0.05, 0) is 55.0 Å². The van der Waals surface area contributed by atoms with E-state index in [1.54, 1.807) is 51.4 Å². The predicted molar refractivity (Wildman–Crippen MR) is 120 cm³/mol. The third-order valence-corrected chi connectivity index (χ3v) is 4.71. The van der Waals surface area contributed by atoms with Crippen LogP contribution in [-0.4, -0.2) is 36.7 Å². The van der Waals surface area contributed by atoms with Crippen LogP contribution >= 0.6 is 0 Å². The fourth-order valence-electron chi connectivity index (χ4n) is 2.93. The number of aromatic hydroxyl groups is 1. The Morgan fingerprint density at radius 3 is 1.67 bits per heavy atom. The molecule has 3 rings (SSSR count). The lowest BCUT2D eigenvalue weighted by Crippen LogP contribution is -2.43. The maximum absolute atomic E-state index is 13.3. The van der Waals surface area contributed by atoms with E-state index in [4.69, 9.17) is 0 Å². The molecule has 0 saturated heterocycles. The lowest BCUT2D eigenvalue weighted by Gasteiger charge is -2.22. The van der Waals surface area contributed by atoms with Gasteiger partial charge in [-0.1, -0.05) is 36.4 Å². The number of para-hydroxylation sites is 2. The number of carbonyl (C=O) groups is 2. The second kappa shape index (κ2) is 9.05. The molecule has 0 aliphatic rings. The molecular weight excluding hydrogens is 378 g/mol. The fourth-order valence-corrected chi connectivity index (χ4v) is 2.93. The Balaban J connectivity index is 2.05. The molecule has 0 radical (unpaired) electrons. The lowest BCUT2D eigenvalue weighted by atomic mass is 10.1. The van der Waals surface area contributed by atoms with Crippen LogP contribution in [0.4, 0.5) is 17.1 Å². The Morgan fingerprint density at radius 1 is 0.767 bits per heavy atom. The van der Waals surface area contributed by atoms with Crippen LogP contribution in [0.15, 0.2) is 83.9 Å². The fraction of sp³-hybridized carbons (Fsp3) is 0.125. The van der Waals surface area contributed by atoms with Gasteiger partial charge in [-0.25, -0.2) is 4.99 Å². The molecule has 6 heteroatoms. The minimum atomic E-state index is -0.526. The first-order valence-corrected chi connectivity index (χ1v) is 9.43. The molecule has 0 aromatic heterocycles. The van der Waals surface area contributed by atoms with Crippen LogP contribution in [0.1, 0.15) is 5.56 Å². The SMILES string of the molecule is Cc1cc(O)ccc1N=C(C(=O)N(C)c1ccccc1)C(=O)N(C)c1ccccc1. The summed E-state index contributed by atoms with van der Waals surface area (Å²) in [4.78, 5) is 33.8. The highest BCUT2D eigenvalue weighted by molar-refractivity contribution is 6.69. The summed E-state index contributed by atoms with van der Waals surface area (Å²) in [5.41, 5.74) is 2.16. The topological polar surface area (TPSA) is 73.2 Å². The Labute approximate surface area is 175 Å². The maximum Gasteiger partial charge on any atom is 0.282 e. The predicted octanol–water partition coefficient (Wildman–Crippen LogP) is 4.10. The van der Waals surface area contributed by atoms with E-state index < -0.39 is 11.8 Å². The number of phenolic OH excluding ortho intramolecular Hbond substituents is 1. The molecule has 0 saturated carbocycles. The van der Waals surface area contributed by atoms with Crippen LogP contribution in [0.2, 0.25) is 0 Å². The van der Waals surface area contributed by atoms with Gasteiger partial charge in [0.25, 0.3) is 11.8 Å². The van der Waals surface area contributed by atoms with Crippen molar-refractivity contribution in [2.24, 2.45) is 4.99 Å². The number of amides is 2. The summed E-state index contributed by atoms with van der Waals surface area (Å²) >= 11 is 0. The molecule has 0 unspecified atom stereocenters. The Morgan fingerprint density at radius 2 is 1.23 bits per heavy atom. The Hall–Kier alpha value is -3.93. The molecule has 0 spiro atoms. The van der Waals surface area contributed by atoms with Crippen molar-refractivity contribution in [1.29, 1.82) is 0 Å². The standard InChI is InChI=1S/C24H23N3O3/c1-17-16-20(28)14-15-21(17)25-22(23(29)26(2)18-10-6-4-7-11-18)24(30)27(3)19-12-8-5-9-13-19/h4-16,28H,1-3H3. The number of aryl methyl sites for hydroxylation is 1. The average Bonchev–Trinajstić information content (AvgIpc) is 2.78. The number of hydrogen-bond acceptors (Lipinski definition) is 4. The number of carbonyl (C=O) groups excluding carboxylic acids is 2. The Kier molecular flexibility index (Phi) is 6.27. The highest BCUT2D eigenvalue weighted by Gasteiger charge is 2.28. The molecular formula is C24H23N3O3. The summed E-state index contributed by atoms with van der Waals surface area (Å²) in [6.45, 7) is 1.76. The van der Waals surface area contributed by atoms with Crippen LogP contribution in [0, 0.1) is 6.92 Å². The van der Waals surface area contributed by atoms with Crippen molar-refractivity contribution in [2.45, 2.75) is 6.92 Å². The van der Waals surface area contributed by atoms with Crippen molar-refractivity contribution in [2.75, 3.05) is 23.9 Å². The van der Waals surface area contributed by atoms with Gasteiger partial charge in [0.1, 0.15) is 5.75 Å². The van der Waals surface area contributed by atoms with Gasteiger partial charge in [0.2, 0.25) is 0 Å². The van der Waals surface area contributed by atoms with E-state index in [2.05, 4.69) is 4.99 Å². The summed E-state index contributed by atoms with van der Waals surface area (Å²) < 4.78 is 0. The quantitative estimate of drug-likeness (QED) is 0.517. The number of aliphatic imine (C=N–C) groups is 1. The molecule has 0 bridgehead atoms. The van der Waals surface area contributed by atoms with E-state index in [0.717, 1.165) is 0 Å². The first kappa shape index (κ1) is 20.8. The van der Waals surface area contributed by atoms with Gasteiger partial charge in [0, 0.05) is 25.5 Å². The maximum atomic E-state index is 13.3. The molecule has 0 heterocycles. The van der Waals surface area contributed by atoms with Gasteiger partial charge in [0.15, 0.2) is 5.71 Å². The monoisotopic (exact) mass is 401 g/mol. The van der Waals surface area contributed by atoms with Crippen molar-refractivity contribution in [3.05, 3.63) is 84.4 Å². The van der Waals surface area contributed by atoms with Crippen molar-refractivity contribution < 1.29 is 14.7 Å². The molecule has 0 aliphatic heterocycles. The zero-order valence-electron chi connectivity index (χ0n) is 17.1. The van der Waals surface area contributed by atoms with E-state index in [0.29, 0.717) is 22.6 Å². The average molecular weight is 401 g/mol. The molecule has 0 atom stereocenters. The molecule has 1 N–H and O–H groups in total. The summed E-state index contributed by atoms with van der Waals surface area (Å²) in [6, 6.07) is 22.7. The molecule has 3 aromatic rings. The third kappa shape index (κ3) is 4.55. The number of anilines is 2. The summed E-state index contributed by atoms with van der Waals surface area (Å²) in [5, 5.41) is 9.66. The first-order chi connectivity index (χ1) is 14.4. The second-order valence-electron chi connectivity index (χ2n) is 6.83. The van der Waals surface area contributed by atoms with E-state index in [1.165, 1.54) is 21.9 Å². The van der Waals surface area contributed by atoms with Crippen molar-refractivity contribution in [1.82, 2.24) is 0 Å². The van der Waals surface area contributed by atoms with Gasteiger partial charge in [-0.2, -0.15) is 0 Å². The van der Waals surface area contributed by atoms with Gasteiger partial charge < -0.3 is 14.9 Å². The molecule has 30 heavy (non-hydrogen) atoms. The largest absolute Gasteiger partial charge is 0.508 e. The number of phenols is 1. The van der Waals surface area contributed by atoms with E-state index in [-0.39, 0.29) is 11.5 Å². The molecule has 6 nitrogen and oxygen atoms in total. The van der Waals surface area contributed by atoms with Crippen LogP contribution in [0.5, 0.6) is 5.75 Å².